The summed E-state index contributed by atoms with van der Waals surface area (Å²) < 4.78 is 18.1. The Balaban J connectivity index is 1.69. The highest BCUT2D eigenvalue weighted by Gasteiger charge is 2.45. The van der Waals surface area contributed by atoms with Crippen LogP contribution in [0.25, 0.3) is 10.9 Å². The van der Waals surface area contributed by atoms with E-state index < -0.39 is 11.0 Å². The van der Waals surface area contributed by atoms with E-state index in [0.29, 0.717) is 18.1 Å². The highest BCUT2D eigenvalue weighted by atomic mass is 35.5. The molecule has 0 aliphatic rings. The van der Waals surface area contributed by atoms with Gasteiger partial charge in [-0.1, -0.05) is 72.3 Å². The van der Waals surface area contributed by atoms with E-state index in [1.54, 1.807) is 18.4 Å². The number of hydrogen-bond acceptors (Lipinski definition) is 6. The number of benzene rings is 3. The molecular weight excluding hydrogens is 554 g/mol. The fraction of sp³-hybridized carbons (Fsp3) is 0.235. The molecule has 0 aliphatic heterocycles. The van der Waals surface area contributed by atoms with Crippen LogP contribution in [0.4, 0.5) is 0 Å². The summed E-state index contributed by atoms with van der Waals surface area (Å²) in [6, 6.07) is 31.9. The van der Waals surface area contributed by atoms with Crippen molar-refractivity contribution in [2.45, 2.75) is 37.9 Å². The van der Waals surface area contributed by atoms with Crippen LogP contribution in [0.3, 0.4) is 0 Å². The minimum Gasteiger partial charge on any atom is -0.497 e. The number of thiophene rings is 1. The molecule has 0 bridgehead atoms. The number of pyridine rings is 1. The normalized spacial score (nSPS) is 14.2. The number of esters is 1. The van der Waals surface area contributed by atoms with E-state index in [1.165, 1.54) is 6.92 Å². The third-order valence-electron chi connectivity index (χ3n) is 7.47. The second kappa shape index (κ2) is 12.4. The van der Waals surface area contributed by atoms with Crippen molar-refractivity contribution in [1.82, 2.24) is 4.98 Å². The van der Waals surface area contributed by atoms with E-state index in [9.17, 15) is 4.79 Å². The first-order valence-corrected chi connectivity index (χ1v) is 14.6. The smallest absolute Gasteiger partial charge is 0.302 e. The van der Waals surface area contributed by atoms with Gasteiger partial charge in [0, 0.05) is 27.6 Å². The molecule has 0 saturated carbocycles. The van der Waals surface area contributed by atoms with Crippen molar-refractivity contribution >= 4 is 39.8 Å². The molecule has 0 radical (unpaired) electrons. The SMILES string of the molecule is COc1ccc(C(C)(CC(COC(C)=O)(OCc2cccs2)c2ccccc2)c2ccc3ccc(Cl)cc3n2)cc1. The summed E-state index contributed by atoms with van der Waals surface area (Å²) >= 11 is 7.99. The van der Waals surface area contributed by atoms with Crippen LogP contribution in [0.15, 0.2) is 102 Å². The van der Waals surface area contributed by atoms with Crippen LogP contribution in [-0.2, 0) is 31.9 Å². The fourth-order valence-corrected chi connectivity index (χ4v) is 6.03. The highest BCUT2D eigenvalue weighted by Crippen LogP contribution is 2.45. The molecule has 5 aromatic rings. The summed E-state index contributed by atoms with van der Waals surface area (Å²) in [6.07, 6.45) is 0.439. The standard InChI is InChI=1S/C34H32ClNO4S/c1-24(37)39-23-34(27-8-5-4-6-9-27,40-21-30-10-7-19-41-30)22-33(2,26-13-16-29(38-3)17-14-26)32-18-12-25-11-15-28(35)20-31(25)36-32/h4-20H,21-23H2,1-3H3. The Morgan fingerprint density at radius 1 is 0.927 bits per heavy atom. The molecule has 5 nitrogen and oxygen atoms in total. The Labute approximate surface area is 249 Å². The Morgan fingerprint density at radius 3 is 2.37 bits per heavy atom. The number of nitrogens with zero attached hydrogens (tertiary/aromatic N) is 1. The number of carbonyl (C=O) groups excluding carboxylic acids is 1. The summed E-state index contributed by atoms with van der Waals surface area (Å²) in [7, 11) is 1.65. The first kappa shape index (κ1) is 28.8. The van der Waals surface area contributed by atoms with Crippen LogP contribution in [0, 0.1) is 0 Å². The zero-order chi connectivity index (χ0) is 28.9. The van der Waals surface area contributed by atoms with E-state index in [1.807, 2.05) is 78.2 Å². The molecule has 0 spiro atoms. The molecule has 0 amide bonds. The Hall–Kier alpha value is -3.71. The zero-order valence-corrected chi connectivity index (χ0v) is 24.9. The number of methoxy groups -OCH3 is 1. The molecule has 0 saturated heterocycles. The van der Waals surface area contributed by atoms with Crippen LogP contribution < -0.4 is 4.74 Å². The van der Waals surface area contributed by atoms with Gasteiger partial charge in [0.05, 0.1) is 24.9 Å². The molecule has 0 aliphatic carbocycles. The maximum absolute atomic E-state index is 12.2. The predicted molar refractivity (Wildman–Crippen MR) is 165 cm³/mol. The molecule has 210 valence electrons. The quantitative estimate of drug-likeness (QED) is 0.146. The van der Waals surface area contributed by atoms with Crippen LogP contribution in [-0.4, -0.2) is 24.7 Å². The Morgan fingerprint density at radius 2 is 1.68 bits per heavy atom. The Kier molecular flexibility index (Phi) is 8.74. The monoisotopic (exact) mass is 585 g/mol. The first-order chi connectivity index (χ1) is 19.8. The van der Waals surface area contributed by atoms with Gasteiger partial charge in [0.15, 0.2) is 0 Å². The van der Waals surface area contributed by atoms with Crippen molar-refractivity contribution in [3.8, 4) is 5.75 Å². The summed E-state index contributed by atoms with van der Waals surface area (Å²) in [6.45, 7) is 4.00. The van der Waals surface area contributed by atoms with Crippen LogP contribution in [0.5, 0.6) is 5.75 Å². The Bertz CT molecular complexity index is 1610. The van der Waals surface area contributed by atoms with E-state index >= 15 is 0 Å². The molecule has 3 aromatic carbocycles. The fourth-order valence-electron chi connectivity index (χ4n) is 5.24. The maximum atomic E-state index is 12.2. The second-order valence-electron chi connectivity index (χ2n) is 10.3. The maximum Gasteiger partial charge on any atom is 0.302 e. The van der Waals surface area contributed by atoms with Crippen molar-refractivity contribution in [1.29, 1.82) is 0 Å². The lowest BCUT2D eigenvalue weighted by atomic mass is 9.69. The number of aromatic nitrogens is 1. The van der Waals surface area contributed by atoms with Crippen molar-refractivity contribution in [3.05, 3.63) is 129 Å². The summed E-state index contributed by atoms with van der Waals surface area (Å²) in [5, 5.41) is 3.65. The van der Waals surface area contributed by atoms with Crippen LogP contribution in [0.1, 0.15) is 42.0 Å². The number of rotatable bonds is 11. The van der Waals surface area contributed by atoms with Gasteiger partial charge >= 0.3 is 5.97 Å². The van der Waals surface area contributed by atoms with Gasteiger partial charge in [0.25, 0.3) is 0 Å². The average molecular weight is 586 g/mol. The molecular formula is C34H32ClNO4S. The summed E-state index contributed by atoms with van der Waals surface area (Å²) in [5.74, 6) is 0.396. The summed E-state index contributed by atoms with van der Waals surface area (Å²) in [4.78, 5) is 18.4. The second-order valence-corrected chi connectivity index (χ2v) is 11.7. The van der Waals surface area contributed by atoms with Gasteiger partial charge in [-0.15, -0.1) is 11.3 Å². The zero-order valence-electron chi connectivity index (χ0n) is 23.3. The van der Waals surface area contributed by atoms with Gasteiger partial charge in [-0.2, -0.15) is 0 Å². The number of halogens is 1. The van der Waals surface area contributed by atoms with Crippen LogP contribution >= 0.6 is 22.9 Å². The molecule has 7 heteroatoms. The van der Waals surface area contributed by atoms with E-state index in [4.69, 9.17) is 30.8 Å². The number of fused-ring (bicyclic) bond motifs is 1. The van der Waals surface area contributed by atoms with E-state index in [2.05, 4.69) is 31.2 Å². The van der Waals surface area contributed by atoms with Crippen molar-refractivity contribution in [2.75, 3.05) is 13.7 Å². The molecule has 2 unspecified atom stereocenters. The number of ether oxygens (including phenoxy) is 3. The first-order valence-electron chi connectivity index (χ1n) is 13.4. The molecule has 0 N–H and O–H groups in total. The van der Waals surface area contributed by atoms with Crippen molar-refractivity contribution < 1.29 is 19.0 Å². The van der Waals surface area contributed by atoms with E-state index in [-0.39, 0.29) is 12.6 Å². The van der Waals surface area contributed by atoms with Gasteiger partial charge < -0.3 is 14.2 Å². The number of hydrogen-bond donors (Lipinski definition) is 0. The van der Waals surface area contributed by atoms with Crippen molar-refractivity contribution in [2.24, 2.45) is 0 Å². The highest BCUT2D eigenvalue weighted by molar-refractivity contribution is 7.09. The average Bonchev–Trinajstić information content (AvgIpc) is 3.52. The van der Waals surface area contributed by atoms with Gasteiger partial charge in [0.2, 0.25) is 0 Å². The number of carbonyl (C=O) groups is 1. The van der Waals surface area contributed by atoms with Gasteiger partial charge in [-0.3, -0.25) is 9.78 Å². The van der Waals surface area contributed by atoms with Gasteiger partial charge in [-0.05, 0) is 66.2 Å². The molecule has 41 heavy (non-hydrogen) atoms. The molecule has 2 aromatic heterocycles. The van der Waals surface area contributed by atoms with Crippen molar-refractivity contribution in [3.63, 3.8) is 0 Å². The topological polar surface area (TPSA) is 57.7 Å². The lowest BCUT2D eigenvalue weighted by Crippen LogP contribution is -2.43. The van der Waals surface area contributed by atoms with Gasteiger partial charge in [0.1, 0.15) is 18.0 Å². The third kappa shape index (κ3) is 6.46. The lowest BCUT2D eigenvalue weighted by Gasteiger charge is -2.42. The molecule has 2 atom stereocenters. The third-order valence-corrected chi connectivity index (χ3v) is 8.55. The largest absolute Gasteiger partial charge is 0.497 e. The minimum atomic E-state index is -0.990. The molecule has 0 fully saturated rings. The minimum absolute atomic E-state index is 0.0445. The summed E-state index contributed by atoms with van der Waals surface area (Å²) in [5.41, 5.74) is 1.93. The van der Waals surface area contributed by atoms with Crippen LogP contribution in [0.2, 0.25) is 5.02 Å². The lowest BCUT2D eigenvalue weighted by molar-refractivity contribution is -0.160. The van der Waals surface area contributed by atoms with E-state index in [0.717, 1.165) is 38.4 Å². The predicted octanol–water partition coefficient (Wildman–Crippen LogP) is 8.33. The van der Waals surface area contributed by atoms with Gasteiger partial charge in [-0.25, -0.2) is 0 Å². The molecule has 2 heterocycles. The molecule has 5 rings (SSSR count).